The van der Waals surface area contributed by atoms with Gasteiger partial charge in [-0.1, -0.05) is 0 Å². The molecular weight excluding hydrogens is 186 g/mol. The molecule has 3 fully saturated rings. The molecule has 0 aromatic heterocycles. The minimum atomic E-state index is 0.455. The zero-order valence-electron chi connectivity index (χ0n) is 9.50. The zero-order chi connectivity index (χ0) is 10.3. The number of hydrogen-bond acceptors (Lipinski definition) is 1. The smallest absolute Gasteiger partial charge is 0.144 e. The topological polar surface area (TPSA) is 21.5 Å². The summed E-state index contributed by atoms with van der Waals surface area (Å²) in [4.78, 5) is 13.8. The van der Waals surface area contributed by atoms with Crippen LogP contribution in [0.2, 0.25) is 0 Å². The van der Waals surface area contributed by atoms with Gasteiger partial charge in [0.15, 0.2) is 0 Å². The molecule has 0 amide bonds. The number of carbonyl (C=O) groups excluding carboxylic acids is 1. The van der Waals surface area contributed by atoms with Crippen LogP contribution in [0.15, 0.2) is 0 Å². The maximum Gasteiger partial charge on any atom is 0.144 e. The molecule has 2 bridgehead atoms. The first-order chi connectivity index (χ1) is 7.36. The lowest BCUT2D eigenvalue weighted by molar-refractivity contribution is -0.933. The van der Waals surface area contributed by atoms with Crippen LogP contribution in [0.1, 0.15) is 44.9 Å². The molecule has 2 heteroatoms. The van der Waals surface area contributed by atoms with Gasteiger partial charge >= 0.3 is 0 Å². The largest absolute Gasteiger partial charge is 0.332 e. The lowest BCUT2D eigenvalue weighted by Crippen LogP contribution is -3.17. The van der Waals surface area contributed by atoms with Gasteiger partial charge in [-0.05, 0) is 38.5 Å². The van der Waals surface area contributed by atoms with Crippen molar-refractivity contribution in [3.8, 4) is 0 Å². The van der Waals surface area contributed by atoms with Crippen molar-refractivity contribution in [2.24, 2.45) is 11.8 Å². The summed E-state index contributed by atoms with van der Waals surface area (Å²) in [6.07, 6.45) is 9.12. The van der Waals surface area contributed by atoms with E-state index in [0.29, 0.717) is 23.7 Å². The van der Waals surface area contributed by atoms with Gasteiger partial charge in [0.2, 0.25) is 0 Å². The van der Waals surface area contributed by atoms with Crippen LogP contribution in [-0.4, -0.2) is 24.9 Å². The fourth-order valence-corrected chi connectivity index (χ4v) is 4.10. The predicted molar refractivity (Wildman–Crippen MR) is 58.8 cm³/mol. The second kappa shape index (κ2) is 3.89. The van der Waals surface area contributed by atoms with Crippen LogP contribution in [-0.2, 0) is 4.79 Å². The number of quaternary nitrogens is 1. The minimum Gasteiger partial charge on any atom is -0.332 e. The lowest BCUT2D eigenvalue weighted by Gasteiger charge is -2.36. The van der Waals surface area contributed by atoms with E-state index in [4.69, 9.17) is 0 Å². The number of fused-ring (bicyclic) bond motifs is 2. The molecular formula is C13H22NO+. The minimum absolute atomic E-state index is 0.455. The molecule has 0 aromatic rings. The van der Waals surface area contributed by atoms with Crippen LogP contribution >= 0.6 is 0 Å². The van der Waals surface area contributed by atoms with E-state index in [1.807, 2.05) is 0 Å². The number of likely N-dealkylation sites (tertiary alicyclic amines) is 1. The molecule has 2 saturated carbocycles. The van der Waals surface area contributed by atoms with E-state index >= 15 is 0 Å². The lowest BCUT2D eigenvalue weighted by atomic mass is 9.82. The monoisotopic (exact) mass is 208 g/mol. The quantitative estimate of drug-likeness (QED) is 0.677. The molecule has 1 heterocycles. The Balaban J connectivity index is 1.72. The van der Waals surface area contributed by atoms with Gasteiger partial charge in [0.25, 0.3) is 0 Å². The average molecular weight is 208 g/mol. The summed E-state index contributed by atoms with van der Waals surface area (Å²) in [6.45, 7) is 2.66. The van der Waals surface area contributed by atoms with Crippen molar-refractivity contribution >= 4 is 5.78 Å². The van der Waals surface area contributed by atoms with E-state index in [9.17, 15) is 4.79 Å². The van der Waals surface area contributed by atoms with Crippen LogP contribution in [0.3, 0.4) is 0 Å². The molecule has 0 spiro atoms. The summed E-state index contributed by atoms with van der Waals surface area (Å²) in [7, 11) is 0. The van der Waals surface area contributed by atoms with Gasteiger partial charge in [0.05, 0.1) is 25.0 Å². The van der Waals surface area contributed by atoms with E-state index in [0.717, 1.165) is 0 Å². The molecule has 1 saturated heterocycles. The van der Waals surface area contributed by atoms with Crippen molar-refractivity contribution in [2.45, 2.75) is 51.0 Å². The predicted octanol–water partition coefficient (Wildman–Crippen LogP) is 0.813. The van der Waals surface area contributed by atoms with Gasteiger partial charge in [0.1, 0.15) is 5.78 Å². The number of nitrogens with one attached hydrogen (secondary N) is 1. The van der Waals surface area contributed by atoms with Crippen molar-refractivity contribution in [2.75, 3.05) is 13.1 Å². The normalized spacial score (nSPS) is 42.1. The Hall–Kier alpha value is -0.370. The van der Waals surface area contributed by atoms with Crippen LogP contribution < -0.4 is 4.90 Å². The molecule has 1 N–H and O–H groups in total. The summed E-state index contributed by atoms with van der Waals surface area (Å²) in [6, 6.07) is 0.705. The van der Waals surface area contributed by atoms with E-state index in [1.54, 1.807) is 4.90 Å². The highest BCUT2D eigenvalue weighted by Crippen LogP contribution is 2.38. The Morgan fingerprint density at radius 3 is 2.47 bits per heavy atom. The number of ketones is 1. The zero-order valence-corrected chi connectivity index (χ0v) is 9.50. The molecule has 0 radical (unpaired) electrons. The van der Waals surface area contributed by atoms with E-state index < -0.39 is 0 Å². The molecule has 2 nitrogen and oxygen atoms in total. The van der Waals surface area contributed by atoms with Crippen LogP contribution in [0.5, 0.6) is 0 Å². The first kappa shape index (κ1) is 9.83. The highest BCUT2D eigenvalue weighted by atomic mass is 16.1. The molecule has 3 aliphatic rings. The Labute approximate surface area is 92.0 Å². The highest BCUT2D eigenvalue weighted by Gasteiger charge is 2.47. The van der Waals surface area contributed by atoms with Crippen molar-refractivity contribution in [1.82, 2.24) is 0 Å². The van der Waals surface area contributed by atoms with Gasteiger partial charge in [-0.2, -0.15) is 0 Å². The standard InChI is InChI=1S/C13H21NO/c15-13-10-4-6-11(13)12(7-5-10)14-8-2-1-3-9-14/h10-12H,1-9H2/p+1/t10-,11+,12+/m1/s1. The number of piperidine rings is 1. The van der Waals surface area contributed by atoms with Gasteiger partial charge in [-0.15, -0.1) is 0 Å². The first-order valence-electron chi connectivity index (χ1n) is 6.74. The third kappa shape index (κ3) is 1.63. The number of Topliss-reactive ketones (excluding diaryl/α,β-unsaturated/α-hetero) is 1. The van der Waals surface area contributed by atoms with Gasteiger partial charge in [-0.3, -0.25) is 4.79 Å². The summed E-state index contributed by atoms with van der Waals surface area (Å²) in [5.41, 5.74) is 0. The third-order valence-electron chi connectivity index (χ3n) is 4.93. The maximum atomic E-state index is 12.0. The molecule has 0 unspecified atom stereocenters. The van der Waals surface area contributed by atoms with Crippen molar-refractivity contribution < 1.29 is 9.69 Å². The van der Waals surface area contributed by atoms with Gasteiger partial charge < -0.3 is 4.90 Å². The molecule has 3 rings (SSSR count). The van der Waals surface area contributed by atoms with Crippen LogP contribution in [0.4, 0.5) is 0 Å². The van der Waals surface area contributed by atoms with Crippen molar-refractivity contribution in [3.63, 3.8) is 0 Å². The third-order valence-corrected chi connectivity index (χ3v) is 4.93. The van der Waals surface area contributed by atoms with Crippen molar-refractivity contribution in [3.05, 3.63) is 0 Å². The Morgan fingerprint density at radius 2 is 1.67 bits per heavy atom. The van der Waals surface area contributed by atoms with Crippen LogP contribution in [0, 0.1) is 11.8 Å². The summed E-state index contributed by atoms with van der Waals surface area (Å²) in [5.74, 6) is 1.55. The molecule has 1 aliphatic heterocycles. The Bertz CT molecular complexity index is 257. The summed E-state index contributed by atoms with van der Waals surface area (Å²) < 4.78 is 0. The average Bonchev–Trinajstić information content (AvgIpc) is 2.54. The van der Waals surface area contributed by atoms with E-state index in [-0.39, 0.29) is 0 Å². The number of carbonyl (C=O) groups is 1. The van der Waals surface area contributed by atoms with Gasteiger partial charge in [-0.25, -0.2) is 0 Å². The second-order valence-corrected chi connectivity index (χ2v) is 5.69. The van der Waals surface area contributed by atoms with E-state index in [1.165, 1.54) is 58.0 Å². The summed E-state index contributed by atoms with van der Waals surface area (Å²) in [5, 5.41) is 0. The molecule has 2 aliphatic carbocycles. The fourth-order valence-electron chi connectivity index (χ4n) is 4.10. The second-order valence-electron chi connectivity index (χ2n) is 5.69. The SMILES string of the molecule is O=C1[C@@H]2CC[C@H]1[C@@H]([NH+]1CCCCC1)CC2. The Morgan fingerprint density at radius 1 is 0.933 bits per heavy atom. The first-order valence-corrected chi connectivity index (χ1v) is 6.74. The van der Waals surface area contributed by atoms with Crippen molar-refractivity contribution in [1.29, 1.82) is 0 Å². The molecule has 84 valence electrons. The highest BCUT2D eigenvalue weighted by molar-refractivity contribution is 5.86. The molecule has 0 aromatic carbocycles. The van der Waals surface area contributed by atoms with E-state index in [2.05, 4.69) is 0 Å². The number of rotatable bonds is 1. The fraction of sp³-hybridized carbons (Fsp3) is 0.923. The van der Waals surface area contributed by atoms with Crippen LogP contribution in [0.25, 0.3) is 0 Å². The maximum absolute atomic E-state index is 12.0. The summed E-state index contributed by atoms with van der Waals surface area (Å²) >= 11 is 0. The number of hydrogen-bond donors (Lipinski definition) is 1. The molecule has 15 heavy (non-hydrogen) atoms. The Kier molecular flexibility index (Phi) is 2.55. The van der Waals surface area contributed by atoms with Gasteiger partial charge in [0, 0.05) is 12.3 Å². The molecule has 3 atom stereocenters.